The molecule has 0 saturated carbocycles. The van der Waals surface area contributed by atoms with Gasteiger partial charge in [-0.25, -0.2) is 0 Å². The van der Waals surface area contributed by atoms with E-state index in [0.29, 0.717) is 19.4 Å². The van der Waals surface area contributed by atoms with Gasteiger partial charge in [0.25, 0.3) is 0 Å². The SMILES string of the molecule is CCCCCC/C=C\C/C=C\CCCCCCCC(=O)OCCCCCCCCCCCCCCC(=O)NC(CO)C(O)/C=C/CCCCCCCCCCCCCCCCCCCCCCC. The Bertz CT molecular complexity index is 1100. The monoisotopic (exact) mass is 956 g/mol. The van der Waals surface area contributed by atoms with Crippen LogP contribution >= 0.6 is 0 Å². The van der Waals surface area contributed by atoms with Gasteiger partial charge in [0, 0.05) is 12.8 Å². The summed E-state index contributed by atoms with van der Waals surface area (Å²) < 4.78 is 5.47. The number of nitrogens with one attached hydrogen (secondary N) is 1. The van der Waals surface area contributed by atoms with E-state index in [-0.39, 0.29) is 18.5 Å². The zero-order valence-electron chi connectivity index (χ0n) is 45.6. The lowest BCUT2D eigenvalue weighted by Gasteiger charge is -2.20. The van der Waals surface area contributed by atoms with Gasteiger partial charge in [-0.15, -0.1) is 0 Å². The molecule has 6 heteroatoms. The van der Waals surface area contributed by atoms with E-state index in [1.54, 1.807) is 6.08 Å². The van der Waals surface area contributed by atoms with E-state index in [2.05, 4.69) is 43.5 Å². The highest BCUT2D eigenvalue weighted by molar-refractivity contribution is 5.76. The first-order valence-electron chi connectivity index (χ1n) is 30.3. The summed E-state index contributed by atoms with van der Waals surface area (Å²) in [6, 6.07) is -0.642. The molecule has 0 aromatic carbocycles. The molecular formula is C62H117NO5. The van der Waals surface area contributed by atoms with Gasteiger partial charge in [-0.05, 0) is 64.2 Å². The minimum Gasteiger partial charge on any atom is -0.466 e. The van der Waals surface area contributed by atoms with Crippen LogP contribution in [0.1, 0.15) is 322 Å². The van der Waals surface area contributed by atoms with Crippen LogP contribution in [0, 0.1) is 0 Å². The molecule has 0 heterocycles. The lowest BCUT2D eigenvalue weighted by molar-refractivity contribution is -0.143. The Kier molecular flexibility index (Phi) is 56.0. The summed E-state index contributed by atoms with van der Waals surface area (Å²) in [5.74, 6) is -0.106. The second-order valence-corrected chi connectivity index (χ2v) is 20.7. The fourth-order valence-corrected chi connectivity index (χ4v) is 9.25. The standard InChI is InChI=1S/C62H117NO5/c1-3-5-7-9-11-13-15-17-19-21-22-23-24-25-26-27-28-30-34-38-42-46-50-54-60(65)59(58-64)63-61(66)55-51-47-43-39-35-32-33-37-41-45-49-53-57-68-62(67)56-52-48-44-40-36-31-29-20-18-16-14-12-10-8-6-4-2/h14,16,20,29,50,54,59-60,64-65H,3-13,15,17-19,21-28,30-49,51-53,55-58H2,1-2H3,(H,63,66)/b16-14-,29-20-,54-50+. The van der Waals surface area contributed by atoms with Crippen molar-refractivity contribution in [2.75, 3.05) is 13.2 Å². The van der Waals surface area contributed by atoms with Gasteiger partial charge in [0.15, 0.2) is 0 Å². The topological polar surface area (TPSA) is 95.9 Å². The zero-order valence-corrected chi connectivity index (χ0v) is 45.6. The van der Waals surface area contributed by atoms with Crippen LogP contribution in [0.5, 0.6) is 0 Å². The minimum absolute atomic E-state index is 0.0238. The number of carbonyl (C=O) groups excluding carboxylic acids is 2. The summed E-state index contributed by atoms with van der Waals surface area (Å²) in [5.41, 5.74) is 0. The number of esters is 1. The Morgan fingerprint density at radius 1 is 0.412 bits per heavy atom. The third-order valence-corrected chi connectivity index (χ3v) is 13.9. The van der Waals surface area contributed by atoms with Crippen molar-refractivity contribution >= 4 is 11.9 Å². The molecule has 3 N–H and O–H groups in total. The molecular weight excluding hydrogens is 839 g/mol. The molecule has 0 aliphatic carbocycles. The molecule has 0 saturated heterocycles. The van der Waals surface area contributed by atoms with Crippen LogP contribution in [0.3, 0.4) is 0 Å². The number of amides is 1. The molecule has 0 aromatic heterocycles. The lowest BCUT2D eigenvalue weighted by Crippen LogP contribution is -2.45. The van der Waals surface area contributed by atoms with E-state index in [1.165, 1.54) is 225 Å². The molecule has 2 atom stereocenters. The van der Waals surface area contributed by atoms with Crippen molar-refractivity contribution in [1.82, 2.24) is 5.32 Å². The fourth-order valence-electron chi connectivity index (χ4n) is 9.25. The first-order chi connectivity index (χ1) is 33.5. The van der Waals surface area contributed by atoms with E-state index in [4.69, 9.17) is 4.74 Å². The van der Waals surface area contributed by atoms with E-state index in [0.717, 1.165) is 70.6 Å². The quantitative estimate of drug-likeness (QED) is 0.0321. The third kappa shape index (κ3) is 53.4. The van der Waals surface area contributed by atoms with Gasteiger partial charge in [0.1, 0.15) is 0 Å². The molecule has 0 aromatic rings. The maximum absolute atomic E-state index is 12.5. The van der Waals surface area contributed by atoms with Crippen molar-refractivity contribution in [2.24, 2.45) is 0 Å². The Morgan fingerprint density at radius 3 is 1.13 bits per heavy atom. The first kappa shape index (κ1) is 66.1. The van der Waals surface area contributed by atoms with Gasteiger partial charge in [0.2, 0.25) is 5.91 Å². The molecule has 0 aliphatic heterocycles. The highest BCUT2D eigenvalue weighted by Gasteiger charge is 2.18. The number of hydrogen-bond donors (Lipinski definition) is 3. The molecule has 2 unspecified atom stereocenters. The number of allylic oxidation sites excluding steroid dienone is 5. The molecule has 400 valence electrons. The second kappa shape index (κ2) is 57.7. The predicted molar refractivity (Wildman–Crippen MR) is 296 cm³/mol. The molecule has 0 aliphatic rings. The van der Waals surface area contributed by atoms with Crippen LogP contribution in [0.15, 0.2) is 36.5 Å². The van der Waals surface area contributed by atoms with E-state index in [1.807, 2.05) is 6.08 Å². The summed E-state index contributed by atoms with van der Waals surface area (Å²) >= 11 is 0. The maximum atomic E-state index is 12.5. The average molecular weight is 957 g/mol. The molecule has 0 fully saturated rings. The molecule has 0 radical (unpaired) electrons. The number of hydrogen-bond acceptors (Lipinski definition) is 5. The summed E-state index contributed by atoms with van der Waals surface area (Å²) in [6.07, 6.45) is 71.7. The van der Waals surface area contributed by atoms with Crippen LogP contribution in [-0.2, 0) is 14.3 Å². The zero-order chi connectivity index (χ0) is 49.3. The normalized spacial score (nSPS) is 12.8. The number of aliphatic hydroxyl groups is 2. The van der Waals surface area contributed by atoms with Crippen molar-refractivity contribution in [3.8, 4) is 0 Å². The molecule has 1 amide bonds. The number of ether oxygens (including phenoxy) is 1. The molecule has 6 nitrogen and oxygen atoms in total. The van der Waals surface area contributed by atoms with Crippen molar-refractivity contribution in [3.63, 3.8) is 0 Å². The highest BCUT2D eigenvalue weighted by Crippen LogP contribution is 2.17. The second-order valence-electron chi connectivity index (χ2n) is 20.7. The molecule has 68 heavy (non-hydrogen) atoms. The number of aliphatic hydroxyl groups excluding tert-OH is 2. The van der Waals surface area contributed by atoms with Crippen molar-refractivity contribution in [1.29, 1.82) is 0 Å². The van der Waals surface area contributed by atoms with Gasteiger partial charge in [0.05, 0.1) is 25.4 Å². The molecule has 0 spiro atoms. The Balaban J connectivity index is 3.50. The number of carbonyl (C=O) groups is 2. The van der Waals surface area contributed by atoms with Crippen LogP contribution in [0.2, 0.25) is 0 Å². The number of rotatable bonds is 56. The van der Waals surface area contributed by atoms with Crippen molar-refractivity contribution in [2.45, 2.75) is 334 Å². The number of unbranched alkanes of at least 4 members (excludes halogenated alkanes) is 41. The first-order valence-corrected chi connectivity index (χ1v) is 30.3. The largest absolute Gasteiger partial charge is 0.466 e. The van der Waals surface area contributed by atoms with E-state index < -0.39 is 12.1 Å². The van der Waals surface area contributed by atoms with Gasteiger partial charge in [-0.1, -0.05) is 281 Å². The Hall–Kier alpha value is -1.92. The van der Waals surface area contributed by atoms with Crippen LogP contribution in [0.25, 0.3) is 0 Å². The summed E-state index contributed by atoms with van der Waals surface area (Å²) in [7, 11) is 0. The fraction of sp³-hybridized carbons (Fsp3) is 0.871. The Labute approximate surface area is 424 Å². The van der Waals surface area contributed by atoms with Crippen molar-refractivity contribution in [3.05, 3.63) is 36.5 Å². The minimum atomic E-state index is -0.857. The maximum Gasteiger partial charge on any atom is 0.305 e. The van der Waals surface area contributed by atoms with Crippen molar-refractivity contribution < 1.29 is 24.5 Å². The van der Waals surface area contributed by atoms with Gasteiger partial charge in [-0.3, -0.25) is 9.59 Å². The molecule has 0 bridgehead atoms. The van der Waals surface area contributed by atoms with Gasteiger partial charge < -0.3 is 20.3 Å². The predicted octanol–water partition coefficient (Wildman–Crippen LogP) is 18.8. The van der Waals surface area contributed by atoms with Gasteiger partial charge >= 0.3 is 5.97 Å². The van der Waals surface area contributed by atoms with E-state index in [9.17, 15) is 19.8 Å². The van der Waals surface area contributed by atoms with E-state index >= 15 is 0 Å². The Morgan fingerprint density at radius 2 is 0.735 bits per heavy atom. The summed E-state index contributed by atoms with van der Waals surface area (Å²) in [4.78, 5) is 24.6. The molecule has 0 rings (SSSR count). The highest BCUT2D eigenvalue weighted by atomic mass is 16.5. The summed E-state index contributed by atoms with van der Waals surface area (Å²) in [5, 5.41) is 23.2. The third-order valence-electron chi connectivity index (χ3n) is 13.9. The average Bonchev–Trinajstić information content (AvgIpc) is 3.34. The lowest BCUT2D eigenvalue weighted by atomic mass is 10.0. The van der Waals surface area contributed by atoms with Crippen LogP contribution < -0.4 is 5.32 Å². The smallest absolute Gasteiger partial charge is 0.305 e. The van der Waals surface area contributed by atoms with Crippen LogP contribution in [0.4, 0.5) is 0 Å². The van der Waals surface area contributed by atoms with Crippen LogP contribution in [-0.4, -0.2) is 47.4 Å². The van der Waals surface area contributed by atoms with Gasteiger partial charge in [-0.2, -0.15) is 0 Å². The summed E-state index contributed by atoms with van der Waals surface area (Å²) in [6.45, 7) is 4.86.